The largest absolute Gasteiger partial charge is 0.479 e. The molecule has 9 nitrogen and oxygen atoms in total. The minimum Gasteiger partial charge on any atom is -0.479 e. The van der Waals surface area contributed by atoms with E-state index < -0.39 is 0 Å². The minimum absolute atomic E-state index is 0.469. The number of morpholine rings is 1. The Hall–Kier alpha value is -2.98. The van der Waals surface area contributed by atoms with E-state index >= 15 is 0 Å². The summed E-state index contributed by atoms with van der Waals surface area (Å²) in [7, 11) is 1.62. The Bertz CT molecular complexity index is 1220. The molecule has 0 N–H and O–H groups in total. The van der Waals surface area contributed by atoms with E-state index in [0.29, 0.717) is 25.0 Å². The molecule has 1 aromatic carbocycles. The van der Waals surface area contributed by atoms with Crippen LogP contribution in [0.4, 0.5) is 5.82 Å². The van der Waals surface area contributed by atoms with Gasteiger partial charge in [0.1, 0.15) is 0 Å². The van der Waals surface area contributed by atoms with Crippen LogP contribution in [0.15, 0.2) is 41.3 Å². The molecule has 4 aromatic rings. The monoisotopic (exact) mass is 483 g/mol. The SMILES string of the molecule is CCn1c(Br)nc2c(N3CCOCC3)nc(-n3cc(-c4ccccc4)c(OC)n3)nc21. The summed E-state index contributed by atoms with van der Waals surface area (Å²) in [4.78, 5) is 16.6. The van der Waals surface area contributed by atoms with E-state index in [4.69, 9.17) is 24.4 Å². The topological polar surface area (TPSA) is 83.1 Å². The van der Waals surface area contributed by atoms with Gasteiger partial charge < -0.3 is 18.9 Å². The van der Waals surface area contributed by atoms with Crippen molar-refractivity contribution in [2.75, 3.05) is 38.3 Å². The van der Waals surface area contributed by atoms with Gasteiger partial charge in [0, 0.05) is 25.8 Å². The van der Waals surface area contributed by atoms with Crippen molar-refractivity contribution in [1.29, 1.82) is 0 Å². The van der Waals surface area contributed by atoms with Gasteiger partial charge in [-0.3, -0.25) is 0 Å². The van der Waals surface area contributed by atoms with Crippen molar-refractivity contribution in [2.24, 2.45) is 0 Å². The first kappa shape index (κ1) is 20.0. The van der Waals surface area contributed by atoms with Gasteiger partial charge in [-0.25, -0.2) is 9.67 Å². The fraction of sp³-hybridized carbons (Fsp3) is 0.333. The zero-order valence-corrected chi connectivity index (χ0v) is 18.9. The summed E-state index contributed by atoms with van der Waals surface area (Å²) in [5, 5.41) is 4.62. The zero-order chi connectivity index (χ0) is 21.4. The maximum absolute atomic E-state index is 5.55. The Labute approximate surface area is 187 Å². The second-order valence-corrected chi connectivity index (χ2v) is 7.82. The third kappa shape index (κ3) is 3.55. The molecule has 0 unspecified atom stereocenters. The van der Waals surface area contributed by atoms with Crippen LogP contribution < -0.4 is 9.64 Å². The van der Waals surface area contributed by atoms with Crippen molar-refractivity contribution in [2.45, 2.75) is 13.5 Å². The summed E-state index contributed by atoms with van der Waals surface area (Å²) in [6, 6.07) is 10.0. The molecule has 0 bridgehead atoms. The number of hydrogen-bond acceptors (Lipinski definition) is 7. The highest BCUT2D eigenvalue weighted by molar-refractivity contribution is 9.10. The number of ether oxygens (including phenoxy) is 2. The highest BCUT2D eigenvalue weighted by Gasteiger charge is 2.23. The molecule has 31 heavy (non-hydrogen) atoms. The average Bonchev–Trinajstić information content (AvgIpc) is 3.39. The van der Waals surface area contributed by atoms with Crippen molar-refractivity contribution in [1.82, 2.24) is 29.3 Å². The summed E-state index contributed by atoms with van der Waals surface area (Å²) >= 11 is 3.56. The van der Waals surface area contributed by atoms with Crippen LogP contribution in [0, 0.1) is 0 Å². The lowest BCUT2D eigenvalue weighted by Crippen LogP contribution is -2.37. The van der Waals surface area contributed by atoms with Crippen LogP contribution >= 0.6 is 15.9 Å². The first-order valence-electron chi connectivity index (χ1n) is 10.2. The van der Waals surface area contributed by atoms with Crippen molar-refractivity contribution >= 4 is 32.9 Å². The Morgan fingerprint density at radius 2 is 1.87 bits per heavy atom. The average molecular weight is 484 g/mol. The van der Waals surface area contributed by atoms with Crippen LogP contribution in [-0.2, 0) is 11.3 Å². The summed E-state index contributed by atoms with van der Waals surface area (Å²) in [6.45, 7) is 5.61. The van der Waals surface area contributed by atoms with E-state index in [0.717, 1.165) is 52.5 Å². The predicted molar refractivity (Wildman–Crippen MR) is 121 cm³/mol. The van der Waals surface area contributed by atoms with E-state index in [2.05, 4.69) is 32.9 Å². The number of aromatic nitrogens is 6. The van der Waals surface area contributed by atoms with E-state index in [1.807, 2.05) is 41.1 Å². The summed E-state index contributed by atoms with van der Waals surface area (Å²) in [5.41, 5.74) is 3.42. The molecule has 0 amide bonds. The Balaban J connectivity index is 1.69. The normalized spacial score (nSPS) is 14.4. The van der Waals surface area contributed by atoms with Crippen LogP contribution in [0.3, 0.4) is 0 Å². The molecule has 1 fully saturated rings. The molecule has 10 heteroatoms. The first-order chi connectivity index (χ1) is 15.2. The quantitative estimate of drug-likeness (QED) is 0.402. The third-order valence-corrected chi connectivity index (χ3v) is 5.91. The van der Waals surface area contributed by atoms with Gasteiger partial charge in [-0.1, -0.05) is 30.3 Å². The molecule has 0 aliphatic carbocycles. The first-order valence-corrected chi connectivity index (χ1v) is 10.9. The van der Waals surface area contributed by atoms with E-state index in [-0.39, 0.29) is 0 Å². The van der Waals surface area contributed by atoms with Crippen molar-refractivity contribution in [3.63, 3.8) is 0 Å². The second-order valence-electron chi connectivity index (χ2n) is 7.11. The number of fused-ring (bicyclic) bond motifs is 1. The van der Waals surface area contributed by atoms with Gasteiger partial charge in [0.25, 0.3) is 5.95 Å². The zero-order valence-electron chi connectivity index (χ0n) is 17.3. The van der Waals surface area contributed by atoms with Crippen LogP contribution in [0.1, 0.15) is 6.92 Å². The van der Waals surface area contributed by atoms with Crippen molar-refractivity contribution in [3.05, 3.63) is 41.3 Å². The lowest BCUT2D eigenvalue weighted by Gasteiger charge is -2.28. The van der Waals surface area contributed by atoms with E-state index in [9.17, 15) is 0 Å². The predicted octanol–water partition coefficient (Wildman–Crippen LogP) is 3.31. The molecule has 0 atom stereocenters. The molecule has 160 valence electrons. The van der Waals surface area contributed by atoms with Gasteiger partial charge in [0.15, 0.2) is 21.7 Å². The molecule has 0 spiro atoms. The lowest BCUT2D eigenvalue weighted by atomic mass is 10.1. The minimum atomic E-state index is 0.469. The number of halogens is 1. The van der Waals surface area contributed by atoms with E-state index in [1.54, 1.807) is 11.8 Å². The standard InChI is InChI=1S/C21H22BrN7O2/c1-3-28-18-16(23-20(28)22)17(27-9-11-31-12-10-27)24-21(25-18)29-13-15(19(26-29)30-2)14-7-5-4-6-8-14/h4-8,13H,3,9-12H2,1-2H3. The van der Waals surface area contributed by atoms with Crippen molar-refractivity contribution in [3.8, 4) is 23.0 Å². The van der Waals surface area contributed by atoms with Crippen LogP contribution in [0.25, 0.3) is 28.2 Å². The van der Waals surface area contributed by atoms with Gasteiger partial charge in [0.2, 0.25) is 5.88 Å². The van der Waals surface area contributed by atoms with Crippen LogP contribution in [0.5, 0.6) is 5.88 Å². The Morgan fingerprint density at radius 1 is 1.10 bits per heavy atom. The molecule has 0 saturated carbocycles. The third-order valence-electron chi connectivity index (χ3n) is 5.31. The number of imidazole rings is 1. The Kier molecular flexibility index (Phi) is 5.33. The van der Waals surface area contributed by atoms with Crippen LogP contribution in [0.2, 0.25) is 0 Å². The second kappa shape index (κ2) is 8.27. The maximum Gasteiger partial charge on any atom is 0.254 e. The molecular formula is C21H22BrN7O2. The van der Waals surface area contributed by atoms with Gasteiger partial charge >= 0.3 is 0 Å². The number of aryl methyl sites for hydroxylation is 1. The van der Waals surface area contributed by atoms with Gasteiger partial charge in [-0.05, 0) is 28.4 Å². The maximum atomic E-state index is 5.55. The molecule has 5 rings (SSSR count). The van der Waals surface area contributed by atoms with Crippen LogP contribution in [-0.4, -0.2) is 62.7 Å². The molecule has 4 heterocycles. The van der Waals surface area contributed by atoms with E-state index in [1.165, 1.54) is 0 Å². The van der Waals surface area contributed by atoms with Gasteiger partial charge in [0.05, 0.1) is 25.9 Å². The highest BCUT2D eigenvalue weighted by atomic mass is 79.9. The van der Waals surface area contributed by atoms with Gasteiger partial charge in [-0.15, -0.1) is 5.10 Å². The number of benzene rings is 1. The molecule has 3 aromatic heterocycles. The fourth-order valence-corrected chi connectivity index (χ4v) is 4.35. The molecular weight excluding hydrogens is 462 g/mol. The number of rotatable bonds is 5. The molecule has 1 saturated heterocycles. The summed E-state index contributed by atoms with van der Waals surface area (Å²) < 4.78 is 15.5. The van der Waals surface area contributed by atoms with Gasteiger partial charge in [-0.2, -0.15) is 9.97 Å². The molecule has 0 radical (unpaired) electrons. The molecule has 1 aliphatic rings. The smallest absolute Gasteiger partial charge is 0.254 e. The summed E-state index contributed by atoms with van der Waals surface area (Å²) in [6.07, 6.45) is 1.90. The lowest BCUT2D eigenvalue weighted by molar-refractivity contribution is 0.122. The summed E-state index contributed by atoms with van der Waals surface area (Å²) in [5.74, 6) is 1.77. The number of methoxy groups -OCH3 is 1. The number of hydrogen-bond donors (Lipinski definition) is 0. The Morgan fingerprint density at radius 3 is 2.58 bits per heavy atom. The highest BCUT2D eigenvalue weighted by Crippen LogP contribution is 2.31. The number of anilines is 1. The van der Waals surface area contributed by atoms with Crippen molar-refractivity contribution < 1.29 is 9.47 Å². The number of nitrogens with zero attached hydrogens (tertiary/aromatic N) is 7. The molecule has 1 aliphatic heterocycles. The fourth-order valence-electron chi connectivity index (χ4n) is 3.75.